The maximum Gasteiger partial charge on any atom is 0.573 e. The van der Waals surface area contributed by atoms with Crippen LogP contribution in [0.2, 0.25) is 0 Å². The van der Waals surface area contributed by atoms with Crippen molar-refractivity contribution >= 4 is 43.7 Å². The number of hydroxylamine groups is 1. The fraction of sp³-hybridized carbons (Fsp3) is 0.222. The van der Waals surface area contributed by atoms with Gasteiger partial charge in [-0.05, 0) is 46.3 Å². The van der Waals surface area contributed by atoms with Crippen LogP contribution >= 0.6 is 10.8 Å². The molecule has 4 aromatic rings. The number of sulfonamides is 1. The number of hydrogen-bond acceptors (Lipinski definition) is 9. The maximum absolute atomic E-state index is 14.0. The lowest BCUT2D eigenvalue weighted by molar-refractivity contribution is -0.275. The molecule has 0 aliphatic carbocycles. The van der Waals surface area contributed by atoms with E-state index in [0.717, 1.165) is 12.1 Å². The third-order valence-corrected chi connectivity index (χ3v) is 10.2. The van der Waals surface area contributed by atoms with Gasteiger partial charge in [-0.25, -0.2) is 18.2 Å². The Balaban J connectivity index is 1.63. The minimum atomic E-state index is -5.74. The Hall–Kier alpha value is -4.37. The van der Waals surface area contributed by atoms with Crippen molar-refractivity contribution < 1.29 is 63.0 Å². The Morgan fingerprint density at radius 2 is 1.64 bits per heavy atom. The third-order valence-electron chi connectivity index (χ3n) is 6.78. The molecule has 0 bridgehead atoms. The summed E-state index contributed by atoms with van der Waals surface area (Å²) in [5.41, 5.74) is 0.938. The summed E-state index contributed by atoms with van der Waals surface area (Å²) in [7, 11) is -9.16. The van der Waals surface area contributed by atoms with E-state index in [1.165, 1.54) is 36.4 Å². The van der Waals surface area contributed by atoms with E-state index in [0.29, 0.717) is 12.1 Å². The van der Waals surface area contributed by atoms with Crippen molar-refractivity contribution in [2.75, 3.05) is 0 Å². The lowest BCUT2D eigenvalue weighted by Gasteiger charge is -2.33. The average molecular weight is 709 g/mol. The Morgan fingerprint density at radius 1 is 1.00 bits per heavy atom. The number of amides is 1. The summed E-state index contributed by atoms with van der Waals surface area (Å²) < 4.78 is 134. The second-order valence-electron chi connectivity index (χ2n) is 10.0. The molecule has 252 valence electrons. The number of nitrogens with zero attached hydrogens (tertiary/aromatic N) is 2. The number of para-hydroxylation sites is 3. The number of imidazole rings is 1. The van der Waals surface area contributed by atoms with Gasteiger partial charge in [0.1, 0.15) is 27.8 Å². The summed E-state index contributed by atoms with van der Waals surface area (Å²) in [5.74, 6) is -5.30. The lowest BCUT2D eigenvalue weighted by atomic mass is 10.0. The fourth-order valence-corrected chi connectivity index (χ4v) is 7.71. The van der Waals surface area contributed by atoms with Crippen molar-refractivity contribution in [3.05, 3.63) is 89.7 Å². The summed E-state index contributed by atoms with van der Waals surface area (Å²) >= 11 is 0. The van der Waals surface area contributed by atoms with Gasteiger partial charge in [0.15, 0.2) is 0 Å². The van der Waals surface area contributed by atoms with Crippen LogP contribution in [0.25, 0.3) is 11.0 Å². The van der Waals surface area contributed by atoms with Crippen molar-refractivity contribution in [1.82, 2.24) is 19.2 Å². The number of aromatic amines is 1. The molecule has 3 aromatic carbocycles. The van der Waals surface area contributed by atoms with Crippen molar-refractivity contribution in [3.63, 3.8) is 0 Å². The number of ether oxygens (including phenoxy) is 1. The molecule has 47 heavy (non-hydrogen) atoms. The SMILES string of the molecule is O=C1CC(c2ccc(C[C@@H](c3nc4ccccc4[nH]3)N(OC(=O)C(F)(F)F)S(=O)(=O)c3ccccc3OC(F)(F)F)cc2)S(O)(O)N1. The largest absolute Gasteiger partial charge is 0.573 e. The molecule has 4 N–H and O–H groups in total. The molecule has 1 aromatic heterocycles. The van der Waals surface area contributed by atoms with Gasteiger partial charge in [0, 0.05) is 0 Å². The number of carbonyl (C=O) groups is 2. The first kappa shape index (κ1) is 34.0. The highest BCUT2D eigenvalue weighted by atomic mass is 32.3. The van der Waals surface area contributed by atoms with E-state index in [1.807, 2.05) is 0 Å². The number of fused-ring (bicyclic) bond motifs is 1. The molecule has 1 aliphatic heterocycles. The monoisotopic (exact) mass is 708 g/mol. The summed E-state index contributed by atoms with van der Waals surface area (Å²) in [6, 6.07) is 12.7. The van der Waals surface area contributed by atoms with Crippen LogP contribution in [0.4, 0.5) is 26.3 Å². The number of benzene rings is 3. The normalized spacial score (nSPS) is 18.1. The zero-order chi connectivity index (χ0) is 34.4. The van der Waals surface area contributed by atoms with Crippen LogP contribution < -0.4 is 9.46 Å². The van der Waals surface area contributed by atoms with E-state index >= 15 is 0 Å². The third kappa shape index (κ3) is 7.46. The fourth-order valence-electron chi connectivity index (χ4n) is 4.75. The predicted octanol–water partition coefficient (Wildman–Crippen LogP) is 5.68. The minimum absolute atomic E-state index is 0.163. The van der Waals surface area contributed by atoms with Gasteiger partial charge < -0.3 is 14.6 Å². The first-order chi connectivity index (χ1) is 21.8. The molecule has 0 spiro atoms. The first-order valence-electron chi connectivity index (χ1n) is 13.1. The first-order valence-corrected chi connectivity index (χ1v) is 16.2. The van der Waals surface area contributed by atoms with Crippen LogP contribution in [0.5, 0.6) is 5.75 Å². The number of carbonyl (C=O) groups excluding carboxylic acids is 2. The number of alkyl halides is 6. The number of H-pyrrole nitrogens is 1. The second kappa shape index (κ2) is 12.3. The topological polar surface area (TPSA) is 171 Å². The van der Waals surface area contributed by atoms with E-state index in [1.54, 1.807) is 12.1 Å². The van der Waals surface area contributed by atoms with Crippen LogP contribution in [0.3, 0.4) is 0 Å². The number of hydrogen-bond donors (Lipinski definition) is 4. The maximum atomic E-state index is 14.0. The molecule has 1 saturated heterocycles. The van der Waals surface area contributed by atoms with Crippen LogP contribution in [0.1, 0.15) is 34.7 Å². The molecule has 1 amide bonds. The lowest BCUT2D eigenvalue weighted by Crippen LogP contribution is -2.42. The smallest absolute Gasteiger partial charge is 0.404 e. The highest BCUT2D eigenvalue weighted by Crippen LogP contribution is 2.56. The molecular formula is C27H22F6N4O8S2. The van der Waals surface area contributed by atoms with Gasteiger partial charge >= 0.3 is 18.5 Å². The quantitative estimate of drug-likeness (QED) is 0.126. The van der Waals surface area contributed by atoms with E-state index in [9.17, 15) is 53.5 Å². The summed E-state index contributed by atoms with van der Waals surface area (Å²) in [6.07, 6.45) is -12.0. The molecule has 12 nitrogen and oxygen atoms in total. The van der Waals surface area contributed by atoms with Gasteiger partial charge in [-0.3, -0.25) is 18.6 Å². The van der Waals surface area contributed by atoms with Crippen molar-refractivity contribution in [2.24, 2.45) is 0 Å². The number of rotatable bonds is 9. The van der Waals surface area contributed by atoms with E-state index in [-0.39, 0.29) is 38.9 Å². The average Bonchev–Trinajstić information content (AvgIpc) is 3.52. The number of nitrogens with one attached hydrogen (secondary N) is 2. The van der Waals surface area contributed by atoms with E-state index in [2.05, 4.69) is 24.3 Å². The zero-order valence-electron chi connectivity index (χ0n) is 23.3. The summed E-state index contributed by atoms with van der Waals surface area (Å²) in [4.78, 5) is 34.0. The zero-order valence-corrected chi connectivity index (χ0v) is 25.0. The number of halogens is 6. The number of aromatic nitrogens is 2. The summed E-state index contributed by atoms with van der Waals surface area (Å²) in [6.45, 7) is 0. The van der Waals surface area contributed by atoms with Crippen molar-refractivity contribution in [1.29, 1.82) is 0 Å². The Morgan fingerprint density at radius 3 is 2.23 bits per heavy atom. The molecule has 2 atom stereocenters. The van der Waals surface area contributed by atoms with Gasteiger partial charge in [0.2, 0.25) is 5.91 Å². The van der Waals surface area contributed by atoms with Crippen LogP contribution in [-0.4, -0.2) is 56.4 Å². The molecule has 1 fully saturated rings. The minimum Gasteiger partial charge on any atom is -0.404 e. The second-order valence-corrected chi connectivity index (χ2v) is 13.8. The molecule has 20 heteroatoms. The van der Waals surface area contributed by atoms with Crippen LogP contribution in [0, 0.1) is 0 Å². The Labute approximate surface area is 262 Å². The molecule has 0 saturated carbocycles. The Kier molecular flexibility index (Phi) is 8.92. The molecule has 1 aliphatic rings. The van der Waals surface area contributed by atoms with Gasteiger partial charge in [0.25, 0.3) is 10.0 Å². The van der Waals surface area contributed by atoms with Gasteiger partial charge in [-0.15, -0.1) is 23.9 Å². The van der Waals surface area contributed by atoms with Gasteiger partial charge in [0.05, 0.1) is 17.5 Å². The molecular weight excluding hydrogens is 686 g/mol. The van der Waals surface area contributed by atoms with Crippen LogP contribution in [-0.2, 0) is 30.9 Å². The highest BCUT2D eigenvalue weighted by molar-refractivity contribution is 8.23. The van der Waals surface area contributed by atoms with Crippen molar-refractivity contribution in [3.8, 4) is 5.75 Å². The van der Waals surface area contributed by atoms with Crippen molar-refractivity contribution in [2.45, 2.75) is 41.6 Å². The van der Waals surface area contributed by atoms with Gasteiger partial charge in [-0.2, -0.15) is 13.2 Å². The Bertz CT molecular complexity index is 1880. The van der Waals surface area contributed by atoms with E-state index in [4.69, 9.17) is 0 Å². The summed E-state index contributed by atoms with van der Waals surface area (Å²) in [5, 5.41) is -1.04. The molecule has 0 radical (unpaired) electrons. The van der Waals surface area contributed by atoms with Gasteiger partial charge in [-0.1, -0.05) is 48.5 Å². The molecule has 2 heterocycles. The molecule has 1 unspecified atom stereocenters. The van der Waals surface area contributed by atoms with Crippen LogP contribution in [0.15, 0.2) is 77.7 Å². The predicted molar refractivity (Wildman–Crippen MR) is 152 cm³/mol. The van der Waals surface area contributed by atoms with E-state index < -0.39 is 73.6 Å². The highest BCUT2D eigenvalue weighted by Gasteiger charge is 2.48. The molecule has 5 rings (SSSR count). The standard InChI is InChI=1S/C27H22F6N4O8S2/c28-26(29,30)25(39)45-37(47(42,43)21-8-4-3-7-20(21)44-27(31,32)33)19(24-34-17-5-1-2-6-18(17)35-24)13-15-9-11-16(12-10-15)22-14-23(38)36-46(22,40)41/h1-12,19,22,40-41H,13-14H2,(H,34,35)(H,36,38)/t19-,22?/m0/s1.